The highest BCUT2D eigenvalue weighted by Gasteiger charge is 2.28. The number of amides is 2. The summed E-state index contributed by atoms with van der Waals surface area (Å²) >= 11 is 0. The first-order valence-corrected chi connectivity index (χ1v) is 11.0. The number of rotatable bonds is 8. The lowest BCUT2D eigenvalue weighted by Gasteiger charge is -2.34. The molecule has 2 amide bonds. The Bertz CT molecular complexity index is 812. The minimum Gasteiger partial charge on any atom is -0.340 e. The van der Waals surface area contributed by atoms with Crippen molar-refractivity contribution in [1.29, 1.82) is 5.26 Å². The van der Waals surface area contributed by atoms with Crippen molar-refractivity contribution >= 4 is 27.5 Å². The number of para-hydroxylation sites is 1. The third kappa shape index (κ3) is 5.78. The fourth-order valence-corrected chi connectivity index (χ4v) is 4.16. The van der Waals surface area contributed by atoms with Crippen molar-refractivity contribution < 1.29 is 18.0 Å². The molecule has 0 N–H and O–H groups in total. The Morgan fingerprint density at radius 3 is 2.32 bits per heavy atom. The van der Waals surface area contributed by atoms with Gasteiger partial charge in [-0.3, -0.25) is 9.59 Å². The lowest BCUT2D eigenvalue weighted by atomic mass is 10.2. The van der Waals surface area contributed by atoms with Crippen LogP contribution in [-0.2, 0) is 19.6 Å². The van der Waals surface area contributed by atoms with Crippen molar-refractivity contribution in [2.45, 2.75) is 26.2 Å². The molecule has 0 saturated carbocycles. The van der Waals surface area contributed by atoms with Gasteiger partial charge in [0.1, 0.15) is 0 Å². The molecule has 1 aromatic carbocycles. The van der Waals surface area contributed by atoms with E-state index < -0.39 is 10.0 Å². The van der Waals surface area contributed by atoms with Crippen LogP contribution in [0.3, 0.4) is 0 Å². The van der Waals surface area contributed by atoms with Crippen LogP contribution < -0.4 is 4.90 Å². The first-order chi connectivity index (χ1) is 13.4. The lowest BCUT2D eigenvalue weighted by molar-refractivity contribution is -0.134. The van der Waals surface area contributed by atoms with E-state index in [1.54, 1.807) is 24.0 Å². The number of benzene rings is 1. The smallest absolute Gasteiger partial charge is 0.227 e. The van der Waals surface area contributed by atoms with Crippen LogP contribution in [0.4, 0.5) is 5.69 Å². The number of nitriles is 1. The number of carbonyl (C=O) groups is 2. The number of hydrogen-bond acceptors (Lipinski definition) is 5. The van der Waals surface area contributed by atoms with E-state index in [0.717, 1.165) is 0 Å². The molecule has 0 aromatic heterocycles. The maximum absolute atomic E-state index is 12.6. The number of nitrogens with zero attached hydrogens (tertiary/aromatic N) is 4. The Kier molecular flexibility index (Phi) is 7.96. The van der Waals surface area contributed by atoms with Gasteiger partial charge in [-0.1, -0.05) is 18.2 Å². The van der Waals surface area contributed by atoms with E-state index in [1.165, 1.54) is 9.21 Å². The molecule has 28 heavy (non-hydrogen) atoms. The summed E-state index contributed by atoms with van der Waals surface area (Å²) in [4.78, 5) is 28.2. The second kappa shape index (κ2) is 10.2. The van der Waals surface area contributed by atoms with Crippen molar-refractivity contribution in [2.75, 3.05) is 43.4 Å². The second-order valence-electron chi connectivity index (χ2n) is 6.47. The van der Waals surface area contributed by atoms with Crippen LogP contribution in [0.1, 0.15) is 26.2 Å². The highest BCUT2D eigenvalue weighted by atomic mass is 32.2. The third-order valence-electron chi connectivity index (χ3n) is 4.72. The van der Waals surface area contributed by atoms with Gasteiger partial charge in [0.25, 0.3) is 0 Å². The van der Waals surface area contributed by atoms with E-state index in [-0.39, 0.29) is 56.5 Å². The molecule has 0 radical (unpaired) electrons. The Labute approximate surface area is 166 Å². The molecule has 152 valence electrons. The molecule has 9 heteroatoms. The van der Waals surface area contributed by atoms with Gasteiger partial charge in [0.15, 0.2) is 0 Å². The fourth-order valence-electron chi connectivity index (χ4n) is 3.07. The molecule has 8 nitrogen and oxygen atoms in total. The fraction of sp³-hybridized carbons (Fsp3) is 0.526. The van der Waals surface area contributed by atoms with E-state index in [0.29, 0.717) is 18.8 Å². The molecule has 0 spiro atoms. The number of carbonyl (C=O) groups excluding carboxylic acids is 2. The van der Waals surface area contributed by atoms with Crippen molar-refractivity contribution in [1.82, 2.24) is 9.21 Å². The molecule has 1 aliphatic rings. The Morgan fingerprint density at radius 1 is 1.11 bits per heavy atom. The quantitative estimate of drug-likeness (QED) is 0.646. The molecule has 2 rings (SSSR count). The first kappa shape index (κ1) is 21.9. The van der Waals surface area contributed by atoms with E-state index in [1.807, 2.05) is 24.3 Å². The highest BCUT2D eigenvalue weighted by molar-refractivity contribution is 7.89. The predicted octanol–water partition coefficient (Wildman–Crippen LogP) is 1.21. The van der Waals surface area contributed by atoms with Crippen LogP contribution in [0.2, 0.25) is 0 Å². The first-order valence-electron chi connectivity index (χ1n) is 9.37. The Balaban J connectivity index is 1.89. The van der Waals surface area contributed by atoms with Gasteiger partial charge in [0, 0.05) is 51.3 Å². The topological polar surface area (TPSA) is 102 Å². The number of anilines is 1. The summed E-state index contributed by atoms with van der Waals surface area (Å²) in [7, 11) is -3.24. The van der Waals surface area contributed by atoms with E-state index in [2.05, 4.69) is 0 Å². The van der Waals surface area contributed by atoms with Crippen LogP contribution in [0, 0.1) is 11.3 Å². The molecule has 0 bridgehead atoms. The van der Waals surface area contributed by atoms with E-state index in [9.17, 15) is 18.0 Å². The molecule has 1 heterocycles. The zero-order valence-electron chi connectivity index (χ0n) is 16.1. The molecular formula is C19H26N4O4S. The van der Waals surface area contributed by atoms with Crippen LogP contribution >= 0.6 is 0 Å². The average molecular weight is 407 g/mol. The zero-order chi connectivity index (χ0) is 20.6. The molecular weight excluding hydrogens is 380 g/mol. The average Bonchev–Trinajstić information content (AvgIpc) is 2.73. The Morgan fingerprint density at radius 2 is 1.75 bits per heavy atom. The monoisotopic (exact) mass is 406 g/mol. The molecule has 0 aliphatic carbocycles. The number of piperazine rings is 1. The third-order valence-corrected chi connectivity index (χ3v) is 6.60. The molecule has 1 aliphatic heterocycles. The number of sulfonamides is 1. The molecule has 1 saturated heterocycles. The van der Waals surface area contributed by atoms with Gasteiger partial charge in [0.05, 0.1) is 18.2 Å². The summed E-state index contributed by atoms with van der Waals surface area (Å²) < 4.78 is 25.2. The maximum atomic E-state index is 12.6. The second-order valence-corrected chi connectivity index (χ2v) is 8.73. The van der Waals surface area contributed by atoms with Crippen LogP contribution in [0.25, 0.3) is 0 Å². The van der Waals surface area contributed by atoms with E-state index >= 15 is 0 Å². The van der Waals surface area contributed by atoms with E-state index in [4.69, 9.17) is 5.26 Å². The summed E-state index contributed by atoms with van der Waals surface area (Å²) in [5, 5.41) is 8.83. The van der Waals surface area contributed by atoms with Crippen molar-refractivity contribution in [3.05, 3.63) is 30.3 Å². The predicted molar refractivity (Wildman–Crippen MR) is 106 cm³/mol. The van der Waals surface area contributed by atoms with Crippen molar-refractivity contribution in [3.8, 4) is 6.07 Å². The summed E-state index contributed by atoms with van der Waals surface area (Å²) in [6.07, 6.45) is 0.324. The van der Waals surface area contributed by atoms with Crippen LogP contribution in [0.5, 0.6) is 0 Å². The standard InChI is InChI=1S/C19H26N4O4S/c1-2-28(26,27)22-15-13-21(14-16-22)18(24)9-10-19(25)23(12-6-11-20)17-7-4-3-5-8-17/h3-5,7-8H,2,6,9-10,12-16H2,1H3. The lowest BCUT2D eigenvalue weighted by Crippen LogP contribution is -2.51. The van der Waals surface area contributed by atoms with Crippen molar-refractivity contribution in [2.24, 2.45) is 0 Å². The van der Waals surface area contributed by atoms with Gasteiger partial charge in [-0.2, -0.15) is 9.57 Å². The van der Waals surface area contributed by atoms with Gasteiger partial charge in [-0.15, -0.1) is 0 Å². The van der Waals surface area contributed by atoms with Gasteiger partial charge in [-0.05, 0) is 19.1 Å². The maximum Gasteiger partial charge on any atom is 0.227 e. The van der Waals surface area contributed by atoms with Gasteiger partial charge < -0.3 is 9.80 Å². The normalized spacial score (nSPS) is 15.1. The highest BCUT2D eigenvalue weighted by Crippen LogP contribution is 2.16. The molecule has 1 fully saturated rings. The van der Waals surface area contributed by atoms with Crippen LogP contribution in [0.15, 0.2) is 30.3 Å². The minimum atomic E-state index is -3.24. The zero-order valence-corrected chi connectivity index (χ0v) is 16.9. The number of hydrogen-bond donors (Lipinski definition) is 0. The SMILES string of the molecule is CCS(=O)(=O)N1CCN(C(=O)CCC(=O)N(CCC#N)c2ccccc2)CC1. The largest absolute Gasteiger partial charge is 0.340 e. The molecule has 1 aromatic rings. The molecule has 0 unspecified atom stereocenters. The summed E-state index contributed by atoms with van der Waals surface area (Å²) in [6.45, 7) is 3.12. The van der Waals surface area contributed by atoms with Gasteiger partial charge >= 0.3 is 0 Å². The van der Waals surface area contributed by atoms with Crippen LogP contribution in [-0.4, -0.2) is 67.9 Å². The van der Waals surface area contributed by atoms with Crippen molar-refractivity contribution in [3.63, 3.8) is 0 Å². The summed E-state index contributed by atoms with van der Waals surface area (Å²) in [5.41, 5.74) is 0.702. The summed E-state index contributed by atoms with van der Waals surface area (Å²) in [6, 6.07) is 11.1. The summed E-state index contributed by atoms with van der Waals surface area (Å²) in [5.74, 6) is -0.315. The molecule has 0 atom stereocenters. The Hall–Kier alpha value is -2.44. The van der Waals surface area contributed by atoms with Gasteiger partial charge in [-0.25, -0.2) is 8.42 Å². The van der Waals surface area contributed by atoms with Gasteiger partial charge in [0.2, 0.25) is 21.8 Å². The minimum absolute atomic E-state index is 0.0482.